The number of hydrogen-bond acceptors (Lipinski definition) is 5. The standard InChI is InChI=1S/C11H13N3O2S.C9H9F3O.C5H10/c15-8-13-4-11(5-13)1-2-14(6-11)10(16)9-3-12-7-17-9;1-13-6-7-3-2-4-8(5-7)9(10,11)12;1-5(2)3-4-5/h3,7-8H,1-2,4-6H2;2-5H,6H2,1H3;3-4H2,1-2H3. The number of rotatable bonds is 4. The fourth-order valence-corrected chi connectivity index (χ4v) is 4.57. The topological polar surface area (TPSA) is 62.7 Å². The molecule has 2 saturated heterocycles. The van der Waals surface area contributed by atoms with Crippen molar-refractivity contribution in [3.8, 4) is 0 Å². The van der Waals surface area contributed by atoms with E-state index < -0.39 is 11.7 Å². The molecule has 0 radical (unpaired) electrons. The molecule has 0 N–H and O–H groups in total. The number of carbonyl (C=O) groups excluding carboxylic acids is 2. The van der Waals surface area contributed by atoms with E-state index in [1.165, 1.54) is 37.4 Å². The minimum Gasteiger partial charge on any atom is -0.380 e. The predicted octanol–water partition coefficient (Wildman–Crippen LogP) is 5.11. The highest BCUT2D eigenvalue weighted by molar-refractivity contribution is 7.11. The number of benzene rings is 1. The van der Waals surface area contributed by atoms with Crippen molar-refractivity contribution < 1.29 is 27.5 Å². The van der Waals surface area contributed by atoms with E-state index in [2.05, 4.69) is 18.8 Å². The van der Waals surface area contributed by atoms with Crippen molar-refractivity contribution in [2.24, 2.45) is 10.8 Å². The van der Waals surface area contributed by atoms with E-state index in [9.17, 15) is 22.8 Å². The Morgan fingerprint density at radius 1 is 1.20 bits per heavy atom. The number of amides is 2. The second-order valence-corrected chi connectivity index (χ2v) is 11.0. The zero-order chi connectivity index (χ0) is 25.7. The van der Waals surface area contributed by atoms with Crippen LogP contribution in [0, 0.1) is 10.8 Å². The summed E-state index contributed by atoms with van der Waals surface area (Å²) >= 11 is 1.38. The van der Waals surface area contributed by atoms with Gasteiger partial charge in [-0.05, 0) is 42.4 Å². The minimum absolute atomic E-state index is 0.0777. The van der Waals surface area contributed by atoms with Gasteiger partial charge in [-0.1, -0.05) is 26.0 Å². The van der Waals surface area contributed by atoms with Gasteiger partial charge < -0.3 is 14.5 Å². The Morgan fingerprint density at radius 3 is 2.40 bits per heavy atom. The Hall–Kier alpha value is -2.46. The van der Waals surface area contributed by atoms with Gasteiger partial charge in [-0.2, -0.15) is 13.2 Å². The molecule has 2 aliphatic heterocycles. The van der Waals surface area contributed by atoms with Crippen molar-refractivity contribution in [1.29, 1.82) is 0 Å². The molecular formula is C25H32F3N3O3S. The second kappa shape index (κ2) is 11.1. The third-order valence-electron chi connectivity index (χ3n) is 6.41. The van der Waals surface area contributed by atoms with E-state index in [4.69, 9.17) is 4.74 Å². The third-order valence-corrected chi connectivity index (χ3v) is 7.17. The summed E-state index contributed by atoms with van der Waals surface area (Å²) in [6, 6.07) is 5.10. The van der Waals surface area contributed by atoms with Gasteiger partial charge in [-0.3, -0.25) is 14.6 Å². The molecule has 0 atom stereocenters. The highest BCUT2D eigenvalue weighted by Crippen LogP contribution is 2.43. The third kappa shape index (κ3) is 7.76. The molecule has 192 valence electrons. The van der Waals surface area contributed by atoms with Crippen LogP contribution in [0.4, 0.5) is 13.2 Å². The molecule has 1 spiro atoms. The van der Waals surface area contributed by atoms with Crippen LogP contribution in [0.1, 0.15) is 53.9 Å². The van der Waals surface area contributed by atoms with Crippen molar-refractivity contribution in [2.45, 2.75) is 45.9 Å². The van der Waals surface area contributed by atoms with Gasteiger partial charge in [0, 0.05) is 38.7 Å². The van der Waals surface area contributed by atoms with Crippen LogP contribution in [0.5, 0.6) is 0 Å². The molecule has 2 aromatic rings. The van der Waals surface area contributed by atoms with Gasteiger partial charge in [-0.15, -0.1) is 11.3 Å². The molecule has 2 amide bonds. The smallest absolute Gasteiger partial charge is 0.380 e. The number of alkyl halides is 3. The maximum Gasteiger partial charge on any atom is 0.416 e. The zero-order valence-corrected chi connectivity index (χ0v) is 21.1. The minimum atomic E-state index is -4.27. The maximum atomic E-state index is 12.2. The van der Waals surface area contributed by atoms with Gasteiger partial charge in [0.25, 0.3) is 5.91 Å². The molecule has 0 unspecified atom stereocenters. The number of hydrogen-bond donors (Lipinski definition) is 0. The molecule has 1 aliphatic carbocycles. The van der Waals surface area contributed by atoms with E-state index in [1.807, 2.05) is 4.90 Å². The quantitative estimate of drug-likeness (QED) is 0.536. The summed E-state index contributed by atoms with van der Waals surface area (Å²) in [6.07, 6.45) is 2.14. The monoisotopic (exact) mass is 511 g/mol. The highest BCUT2D eigenvalue weighted by atomic mass is 32.1. The molecule has 3 aliphatic rings. The number of thiazole rings is 1. The van der Waals surface area contributed by atoms with Crippen LogP contribution in [-0.2, 0) is 22.3 Å². The summed E-state index contributed by atoms with van der Waals surface area (Å²) in [5.41, 5.74) is 2.48. The van der Waals surface area contributed by atoms with Gasteiger partial charge in [0.15, 0.2) is 0 Å². The van der Waals surface area contributed by atoms with Gasteiger partial charge in [0.1, 0.15) is 4.88 Å². The molecule has 6 nitrogen and oxygen atoms in total. The van der Waals surface area contributed by atoms with E-state index in [0.29, 0.717) is 10.4 Å². The van der Waals surface area contributed by atoms with Gasteiger partial charge in [-0.25, -0.2) is 0 Å². The second-order valence-electron chi connectivity index (χ2n) is 10.1. The lowest BCUT2D eigenvalue weighted by Crippen LogP contribution is -2.56. The Labute approximate surface area is 208 Å². The molecule has 3 fully saturated rings. The molecule has 3 heterocycles. The van der Waals surface area contributed by atoms with Gasteiger partial charge in [0.05, 0.1) is 23.9 Å². The largest absolute Gasteiger partial charge is 0.416 e. The van der Waals surface area contributed by atoms with Crippen LogP contribution in [-0.4, -0.2) is 60.4 Å². The van der Waals surface area contributed by atoms with E-state index in [1.54, 1.807) is 22.7 Å². The number of ether oxygens (including phenoxy) is 1. The van der Waals surface area contributed by atoms with E-state index >= 15 is 0 Å². The van der Waals surface area contributed by atoms with Crippen molar-refractivity contribution in [1.82, 2.24) is 14.8 Å². The van der Waals surface area contributed by atoms with Gasteiger partial charge in [0.2, 0.25) is 6.41 Å². The summed E-state index contributed by atoms with van der Waals surface area (Å²) in [7, 11) is 1.44. The van der Waals surface area contributed by atoms with Crippen molar-refractivity contribution in [3.05, 3.63) is 52.0 Å². The molecule has 10 heteroatoms. The average molecular weight is 512 g/mol. The lowest BCUT2D eigenvalue weighted by atomic mass is 9.79. The van der Waals surface area contributed by atoms with Gasteiger partial charge >= 0.3 is 6.18 Å². The summed E-state index contributed by atoms with van der Waals surface area (Å²) in [5.74, 6) is 0.0777. The molecule has 0 bridgehead atoms. The Bertz CT molecular complexity index is 983. The van der Waals surface area contributed by atoms with Crippen molar-refractivity contribution in [3.63, 3.8) is 0 Å². The lowest BCUT2D eigenvalue weighted by molar-refractivity contribution is -0.137. The fraction of sp³-hybridized carbons (Fsp3) is 0.560. The maximum absolute atomic E-state index is 12.2. The summed E-state index contributed by atoms with van der Waals surface area (Å²) in [6.45, 7) is 7.95. The Balaban J connectivity index is 0.000000168. The first-order chi connectivity index (χ1) is 16.5. The molecule has 35 heavy (non-hydrogen) atoms. The first kappa shape index (κ1) is 27.1. The Kier molecular flexibility index (Phi) is 8.58. The SMILES string of the molecule is CC1(C)CC1.COCc1cccc(C(F)(F)F)c1.O=CN1CC2(CCN(C(=O)c3cncs3)C2)C1. The number of likely N-dealkylation sites (tertiary alicyclic amines) is 2. The molecule has 1 aromatic carbocycles. The van der Waals surface area contributed by atoms with Crippen LogP contribution in [0.2, 0.25) is 0 Å². The first-order valence-corrected chi connectivity index (χ1v) is 12.4. The lowest BCUT2D eigenvalue weighted by Gasteiger charge is -2.45. The summed E-state index contributed by atoms with van der Waals surface area (Å²) in [4.78, 5) is 30.9. The average Bonchev–Trinajstić information content (AvgIpc) is 3.20. The van der Waals surface area contributed by atoms with Crippen molar-refractivity contribution in [2.75, 3.05) is 33.3 Å². The van der Waals surface area contributed by atoms with E-state index in [0.717, 1.165) is 56.6 Å². The number of halogens is 3. The summed E-state index contributed by atoms with van der Waals surface area (Å²) in [5, 5.41) is 0. The fourth-order valence-electron chi connectivity index (χ4n) is 3.99. The normalized spacial score (nSPS) is 19.1. The Morgan fingerprint density at radius 2 is 1.89 bits per heavy atom. The number of carbonyl (C=O) groups is 2. The van der Waals surface area contributed by atoms with Crippen LogP contribution >= 0.6 is 11.3 Å². The summed E-state index contributed by atoms with van der Waals surface area (Å²) < 4.78 is 41.2. The molecule has 5 rings (SSSR count). The number of aromatic nitrogens is 1. The van der Waals surface area contributed by atoms with Crippen LogP contribution in [0.15, 0.2) is 36.0 Å². The number of methoxy groups -OCH3 is 1. The van der Waals surface area contributed by atoms with Crippen LogP contribution in [0.3, 0.4) is 0 Å². The zero-order valence-electron chi connectivity index (χ0n) is 20.3. The van der Waals surface area contributed by atoms with E-state index in [-0.39, 0.29) is 17.9 Å². The first-order valence-electron chi connectivity index (χ1n) is 11.5. The predicted molar refractivity (Wildman–Crippen MR) is 128 cm³/mol. The highest BCUT2D eigenvalue weighted by Gasteiger charge is 2.48. The number of nitrogens with zero attached hydrogens (tertiary/aromatic N) is 3. The van der Waals surface area contributed by atoms with Crippen molar-refractivity contribution >= 4 is 23.7 Å². The molecule has 1 aromatic heterocycles. The molecular weight excluding hydrogens is 479 g/mol. The van der Waals surface area contributed by atoms with Crippen LogP contribution < -0.4 is 0 Å². The van der Waals surface area contributed by atoms with Crippen LogP contribution in [0.25, 0.3) is 0 Å². The molecule has 1 saturated carbocycles.